The number of hydrogen-bond donors (Lipinski definition) is 1. The third kappa shape index (κ3) is 3.27. The molecular formula is C11H12Cl2F3N. The number of rotatable bonds is 1. The zero-order valence-electron chi connectivity index (χ0n) is 8.85. The van der Waals surface area contributed by atoms with Crippen molar-refractivity contribution in [3.63, 3.8) is 0 Å². The third-order valence-corrected chi connectivity index (χ3v) is 2.99. The fraction of sp³-hybridized carbons (Fsp3) is 0.455. The van der Waals surface area contributed by atoms with Crippen LogP contribution in [0.1, 0.15) is 30.0 Å². The van der Waals surface area contributed by atoms with Gasteiger partial charge in [0.05, 0.1) is 5.56 Å². The molecule has 1 saturated heterocycles. The number of halogens is 5. The standard InChI is InChI=1S/C11H11ClF3N.ClH/c12-7-3-4-8(10-2-1-5-16-10)9(6-7)11(13,14)15;/h3-4,6,10,16H,1-2,5H2;1H/t10-;/m1./s1. The molecule has 0 saturated carbocycles. The van der Waals surface area contributed by atoms with E-state index in [1.54, 1.807) is 0 Å². The van der Waals surface area contributed by atoms with Crippen molar-refractivity contribution in [2.24, 2.45) is 0 Å². The van der Waals surface area contributed by atoms with Gasteiger partial charge in [-0.15, -0.1) is 12.4 Å². The lowest BCUT2D eigenvalue weighted by atomic mass is 9.99. The molecule has 1 fully saturated rings. The second kappa shape index (κ2) is 5.46. The van der Waals surface area contributed by atoms with Crippen molar-refractivity contribution in [3.8, 4) is 0 Å². The van der Waals surface area contributed by atoms with Gasteiger partial charge in [-0.05, 0) is 37.1 Å². The average molecular weight is 286 g/mol. The second-order valence-corrected chi connectivity index (χ2v) is 4.31. The van der Waals surface area contributed by atoms with E-state index < -0.39 is 11.7 Å². The molecule has 0 amide bonds. The molecule has 1 N–H and O–H groups in total. The van der Waals surface area contributed by atoms with Crippen LogP contribution in [0.15, 0.2) is 18.2 Å². The molecule has 17 heavy (non-hydrogen) atoms. The summed E-state index contributed by atoms with van der Waals surface area (Å²) in [5.41, 5.74) is -0.325. The molecule has 0 spiro atoms. The van der Waals surface area contributed by atoms with Crippen molar-refractivity contribution >= 4 is 24.0 Å². The Bertz CT molecular complexity index is 387. The lowest BCUT2D eigenvalue weighted by Gasteiger charge is -2.18. The van der Waals surface area contributed by atoms with Crippen molar-refractivity contribution in [1.29, 1.82) is 0 Å². The SMILES string of the molecule is Cl.FC(F)(F)c1cc(Cl)ccc1[C@H]1CCCN1. The molecule has 0 aromatic heterocycles. The Morgan fingerprint density at radius 2 is 2.00 bits per heavy atom. The van der Waals surface area contributed by atoms with E-state index in [1.165, 1.54) is 12.1 Å². The van der Waals surface area contributed by atoms with Crippen LogP contribution in [-0.4, -0.2) is 6.54 Å². The molecule has 0 aliphatic carbocycles. The van der Waals surface area contributed by atoms with Gasteiger partial charge in [-0.25, -0.2) is 0 Å². The van der Waals surface area contributed by atoms with Crippen molar-refractivity contribution in [1.82, 2.24) is 5.32 Å². The Morgan fingerprint density at radius 1 is 1.29 bits per heavy atom. The van der Waals surface area contributed by atoms with Crippen LogP contribution in [-0.2, 0) is 6.18 Å². The fourth-order valence-corrected chi connectivity index (χ4v) is 2.20. The fourth-order valence-electron chi connectivity index (χ4n) is 2.03. The van der Waals surface area contributed by atoms with Crippen LogP contribution in [0.4, 0.5) is 13.2 Å². The molecule has 1 atom stereocenters. The highest BCUT2D eigenvalue weighted by molar-refractivity contribution is 6.30. The first kappa shape index (κ1) is 14.6. The first-order valence-electron chi connectivity index (χ1n) is 5.08. The minimum atomic E-state index is -4.34. The van der Waals surface area contributed by atoms with Crippen LogP contribution >= 0.6 is 24.0 Å². The highest BCUT2D eigenvalue weighted by Gasteiger charge is 2.35. The van der Waals surface area contributed by atoms with Gasteiger partial charge in [0, 0.05) is 11.1 Å². The average Bonchev–Trinajstić information content (AvgIpc) is 2.69. The summed E-state index contributed by atoms with van der Waals surface area (Å²) in [4.78, 5) is 0. The maximum atomic E-state index is 12.8. The van der Waals surface area contributed by atoms with Gasteiger partial charge in [-0.1, -0.05) is 17.7 Å². The highest BCUT2D eigenvalue weighted by atomic mass is 35.5. The molecule has 0 bridgehead atoms. The highest BCUT2D eigenvalue weighted by Crippen LogP contribution is 2.38. The maximum absolute atomic E-state index is 12.8. The molecule has 1 aromatic rings. The molecule has 2 rings (SSSR count). The molecular weight excluding hydrogens is 274 g/mol. The van der Waals surface area contributed by atoms with Crippen molar-refractivity contribution in [3.05, 3.63) is 34.3 Å². The van der Waals surface area contributed by atoms with E-state index >= 15 is 0 Å². The van der Waals surface area contributed by atoms with Gasteiger partial charge in [-0.3, -0.25) is 0 Å². The van der Waals surface area contributed by atoms with E-state index in [0.29, 0.717) is 5.56 Å². The van der Waals surface area contributed by atoms with Gasteiger partial charge >= 0.3 is 6.18 Å². The minimum absolute atomic E-state index is 0. The minimum Gasteiger partial charge on any atom is -0.310 e. The summed E-state index contributed by atoms with van der Waals surface area (Å²) in [6, 6.07) is 3.77. The Kier molecular flexibility index (Phi) is 4.69. The number of nitrogens with one attached hydrogen (secondary N) is 1. The number of benzene rings is 1. The molecule has 1 aliphatic rings. The smallest absolute Gasteiger partial charge is 0.310 e. The number of alkyl halides is 3. The van der Waals surface area contributed by atoms with E-state index in [9.17, 15) is 13.2 Å². The summed E-state index contributed by atoms with van der Waals surface area (Å²) >= 11 is 5.61. The quantitative estimate of drug-likeness (QED) is 0.815. The Balaban J connectivity index is 0.00000144. The predicted molar refractivity (Wildman–Crippen MR) is 63.7 cm³/mol. The first-order valence-corrected chi connectivity index (χ1v) is 5.46. The van der Waals surface area contributed by atoms with Crippen LogP contribution in [0.5, 0.6) is 0 Å². The molecule has 1 aromatic carbocycles. The van der Waals surface area contributed by atoms with Crippen LogP contribution < -0.4 is 5.32 Å². The maximum Gasteiger partial charge on any atom is 0.416 e. The van der Waals surface area contributed by atoms with Gasteiger partial charge in [0.15, 0.2) is 0 Å². The Morgan fingerprint density at radius 3 is 2.53 bits per heavy atom. The summed E-state index contributed by atoms with van der Waals surface area (Å²) in [6.45, 7) is 0.768. The normalized spacial score (nSPS) is 20.1. The molecule has 96 valence electrons. The lowest BCUT2D eigenvalue weighted by molar-refractivity contribution is -0.138. The van der Waals surface area contributed by atoms with E-state index in [2.05, 4.69) is 5.32 Å². The van der Waals surface area contributed by atoms with E-state index in [1.807, 2.05) is 0 Å². The lowest BCUT2D eigenvalue weighted by Crippen LogP contribution is -2.18. The molecule has 0 unspecified atom stereocenters. The molecule has 1 aliphatic heterocycles. The summed E-state index contributed by atoms with van der Waals surface area (Å²) < 4.78 is 38.4. The largest absolute Gasteiger partial charge is 0.416 e. The van der Waals surface area contributed by atoms with Crippen LogP contribution in [0, 0.1) is 0 Å². The summed E-state index contributed by atoms with van der Waals surface area (Å²) in [6.07, 6.45) is -2.69. The van der Waals surface area contributed by atoms with Crippen LogP contribution in [0.3, 0.4) is 0 Å². The topological polar surface area (TPSA) is 12.0 Å². The monoisotopic (exact) mass is 285 g/mol. The van der Waals surface area contributed by atoms with E-state index in [-0.39, 0.29) is 23.5 Å². The van der Waals surface area contributed by atoms with Crippen molar-refractivity contribution in [2.45, 2.75) is 25.1 Å². The predicted octanol–water partition coefficient (Wildman–Crippen LogP) is 4.21. The molecule has 1 nitrogen and oxygen atoms in total. The van der Waals surface area contributed by atoms with Crippen molar-refractivity contribution in [2.75, 3.05) is 6.54 Å². The second-order valence-electron chi connectivity index (χ2n) is 3.88. The van der Waals surface area contributed by atoms with Gasteiger partial charge in [-0.2, -0.15) is 13.2 Å². The Hall–Kier alpha value is -0.450. The van der Waals surface area contributed by atoms with E-state index in [4.69, 9.17) is 11.6 Å². The molecule has 1 heterocycles. The van der Waals surface area contributed by atoms with Crippen LogP contribution in [0.25, 0.3) is 0 Å². The summed E-state index contributed by atoms with van der Waals surface area (Å²) in [5, 5.41) is 3.18. The zero-order chi connectivity index (χ0) is 11.8. The van der Waals surface area contributed by atoms with Crippen LogP contribution in [0.2, 0.25) is 5.02 Å². The van der Waals surface area contributed by atoms with Crippen molar-refractivity contribution < 1.29 is 13.2 Å². The van der Waals surface area contributed by atoms with Gasteiger partial charge in [0.25, 0.3) is 0 Å². The van der Waals surface area contributed by atoms with Gasteiger partial charge in [0.2, 0.25) is 0 Å². The third-order valence-electron chi connectivity index (χ3n) is 2.76. The molecule has 6 heteroatoms. The first-order chi connectivity index (χ1) is 7.48. The summed E-state index contributed by atoms with van der Waals surface area (Å²) in [5.74, 6) is 0. The Labute approximate surface area is 109 Å². The number of hydrogen-bond acceptors (Lipinski definition) is 1. The van der Waals surface area contributed by atoms with E-state index in [0.717, 1.165) is 25.5 Å². The zero-order valence-corrected chi connectivity index (χ0v) is 10.4. The van der Waals surface area contributed by atoms with Gasteiger partial charge < -0.3 is 5.32 Å². The van der Waals surface area contributed by atoms with Gasteiger partial charge in [0.1, 0.15) is 0 Å². The summed E-state index contributed by atoms with van der Waals surface area (Å²) in [7, 11) is 0. The molecule has 0 radical (unpaired) electrons.